The van der Waals surface area contributed by atoms with E-state index < -0.39 is 9.76 Å². The van der Waals surface area contributed by atoms with Crippen molar-refractivity contribution in [1.29, 1.82) is 0 Å². The van der Waals surface area contributed by atoms with Crippen LogP contribution in [-0.2, 0) is 14.0 Å². The van der Waals surface area contributed by atoms with Gasteiger partial charge in [0, 0.05) is 19.7 Å². The van der Waals surface area contributed by atoms with Crippen molar-refractivity contribution in [2.75, 3.05) is 19.7 Å². The van der Waals surface area contributed by atoms with E-state index in [1.165, 1.54) is 0 Å². The second kappa shape index (κ2) is 12.3. The molecule has 0 fully saturated rings. The Labute approximate surface area is 162 Å². The van der Waals surface area contributed by atoms with Crippen LogP contribution in [0.1, 0.15) is 67.7 Å². The molecule has 0 saturated carbocycles. The van der Waals surface area contributed by atoms with Crippen LogP contribution in [0.2, 0.25) is 6.04 Å². The second-order valence-electron chi connectivity index (χ2n) is 8.95. The van der Waals surface area contributed by atoms with Gasteiger partial charge in [-0.15, -0.1) is 0 Å². The molecule has 0 radical (unpaired) electrons. The highest BCUT2D eigenvalue weighted by Crippen LogP contribution is 2.32. The molecular weight excluding hydrogens is 348 g/mol. The lowest BCUT2D eigenvalue weighted by Crippen LogP contribution is -2.38. The third-order valence-corrected chi connectivity index (χ3v) is 5.34. The average molecular weight is 389 g/mol. The fourth-order valence-electron chi connectivity index (χ4n) is 2.31. The molecular formula is C19H40N2O4Si. The average Bonchev–Trinajstić information content (AvgIpc) is 2.48. The Morgan fingerprint density at radius 3 is 2.19 bits per heavy atom. The molecule has 7 heteroatoms. The van der Waals surface area contributed by atoms with E-state index >= 15 is 0 Å². The molecule has 2 N–H and O–H groups in total. The Morgan fingerprint density at radius 2 is 1.65 bits per heavy atom. The number of nitrogens with one attached hydrogen (secondary N) is 2. The van der Waals surface area contributed by atoms with E-state index in [1.807, 2.05) is 6.92 Å². The maximum atomic E-state index is 12.1. The minimum atomic E-state index is -0.429. The standard InChI is InChI=1S/C19H40N2O4Si/c1-8-24-26-13-9-11-20-17(23)21-12-10-16(22)25-15(19(5,6)7)14-18(2,3)4/h15H,8-14,26H2,1-7H3,(H2,20,21,23). The van der Waals surface area contributed by atoms with Crippen LogP contribution >= 0.6 is 0 Å². The quantitative estimate of drug-likeness (QED) is 0.324. The molecule has 0 aromatic carbocycles. The third kappa shape index (κ3) is 14.1. The first kappa shape index (κ1) is 24.9. The van der Waals surface area contributed by atoms with Gasteiger partial charge in [0.2, 0.25) is 0 Å². The van der Waals surface area contributed by atoms with Gasteiger partial charge in [-0.05, 0) is 36.6 Å². The molecule has 26 heavy (non-hydrogen) atoms. The molecule has 0 spiro atoms. The Kier molecular flexibility index (Phi) is 11.8. The highest BCUT2D eigenvalue weighted by atomic mass is 28.2. The van der Waals surface area contributed by atoms with E-state index in [2.05, 4.69) is 52.2 Å². The smallest absolute Gasteiger partial charge is 0.314 e. The van der Waals surface area contributed by atoms with Gasteiger partial charge in [-0.25, -0.2) is 4.79 Å². The van der Waals surface area contributed by atoms with E-state index in [-0.39, 0.29) is 41.9 Å². The largest absolute Gasteiger partial charge is 0.462 e. The normalized spacial score (nSPS) is 13.7. The summed E-state index contributed by atoms with van der Waals surface area (Å²) in [6.45, 7) is 16.4. The van der Waals surface area contributed by atoms with Crippen LogP contribution in [-0.4, -0.2) is 47.6 Å². The minimum Gasteiger partial charge on any atom is -0.462 e. The summed E-state index contributed by atoms with van der Waals surface area (Å²) in [6, 6.07) is 0.820. The van der Waals surface area contributed by atoms with Gasteiger partial charge in [-0.3, -0.25) is 4.79 Å². The molecule has 0 saturated heterocycles. The van der Waals surface area contributed by atoms with Crippen molar-refractivity contribution in [3.05, 3.63) is 0 Å². The van der Waals surface area contributed by atoms with Crippen molar-refractivity contribution >= 4 is 21.8 Å². The molecule has 0 aliphatic heterocycles. The maximum absolute atomic E-state index is 12.1. The van der Waals surface area contributed by atoms with Gasteiger partial charge in [-0.2, -0.15) is 0 Å². The van der Waals surface area contributed by atoms with Crippen LogP contribution in [0, 0.1) is 10.8 Å². The van der Waals surface area contributed by atoms with Gasteiger partial charge >= 0.3 is 12.0 Å². The number of amides is 2. The van der Waals surface area contributed by atoms with Crippen LogP contribution in [0.25, 0.3) is 0 Å². The topological polar surface area (TPSA) is 76.7 Å². The van der Waals surface area contributed by atoms with Crippen molar-refractivity contribution in [2.24, 2.45) is 10.8 Å². The second-order valence-corrected chi connectivity index (χ2v) is 10.5. The lowest BCUT2D eigenvalue weighted by molar-refractivity contribution is -0.156. The van der Waals surface area contributed by atoms with Gasteiger partial charge in [-0.1, -0.05) is 41.5 Å². The predicted octanol–water partition coefficient (Wildman–Crippen LogP) is 3.00. The molecule has 2 amide bonds. The summed E-state index contributed by atoms with van der Waals surface area (Å²) < 4.78 is 11.1. The van der Waals surface area contributed by atoms with Gasteiger partial charge in [0.05, 0.1) is 6.42 Å². The van der Waals surface area contributed by atoms with Crippen molar-refractivity contribution in [1.82, 2.24) is 10.6 Å². The minimum absolute atomic E-state index is 0.0847. The Bertz CT molecular complexity index is 417. The molecule has 0 aromatic heterocycles. The van der Waals surface area contributed by atoms with E-state index in [4.69, 9.17) is 9.16 Å². The van der Waals surface area contributed by atoms with Crippen molar-refractivity contribution in [3.8, 4) is 0 Å². The van der Waals surface area contributed by atoms with Crippen LogP contribution in [0.5, 0.6) is 0 Å². The number of hydrogen-bond donors (Lipinski definition) is 2. The molecule has 154 valence electrons. The number of esters is 1. The number of urea groups is 1. The van der Waals surface area contributed by atoms with Gasteiger partial charge in [0.25, 0.3) is 0 Å². The van der Waals surface area contributed by atoms with E-state index in [0.29, 0.717) is 6.54 Å². The summed E-state index contributed by atoms with van der Waals surface area (Å²) in [5.41, 5.74) is -0.0278. The van der Waals surface area contributed by atoms with Crippen molar-refractivity contribution in [3.63, 3.8) is 0 Å². The number of carbonyl (C=O) groups is 2. The summed E-state index contributed by atoms with van der Waals surface area (Å²) in [5.74, 6) is -0.266. The fraction of sp³-hybridized carbons (Fsp3) is 0.895. The number of carbonyl (C=O) groups excluding carboxylic acids is 2. The molecule has 1 atom stereocenters. The number of ether oxygens (including phenoxy) is 1. The molecule has 0 heterocycles. The van der Waals surface area contributed by atoms with Gasteiger partial charge in [0.1, 0.15) is 6.10 Å². The lowest BCUT2D eigenvalue weighted by Gasteiger charge is -2.35. The van der Waals surface area contributed by atoms with E-state index in [1.54, 1.807) is 0 Å². The monoisotopic (exact) mass is 388 g/mol. The molecule has 0 aliphatic carbocycles. The first-order chi connectivity index (χ1) is 12.0. The predicted molar refractivity (Wildman–Crippen MR) is 109 cm³/mol. The van der Waals surface area contributed by atoms with Crippen LogP contribution in [0.15, 0.2) is 0 Å². The van der Waals surface area contributed by atoms with Gasteiger partial charge < -0.3 is 19.8 Å². The Balaban J connectivity index is 4.03. The van der Waals surface area contributed by atoms with Crippen molar-refractivity contribution in [2.45, 2.75) is 79.9 Å². The third-order valence-electron chi connectivity index (χ3n) is 3.86. The molecule has 0 aliphatic rings. The maximum Gasteiger partial charge on any atom is 0.314 e. The van der Waals surface area contributed by atoms with E-state index in [9.17, 15) is 9.59 Å². The molecule has 0 rings (SSSR count). The summed E-state index contributed by atoms with van der Waals surface area (Å²) in [5, 5.41) is 5.50. The number of rotatable bonds is 11. The van der Waals surface area contributed by atoms with Crippen molar-refractivity contribution < 1.29 is 18.8 Å². The summed E-state index contributed by atoms with van der Waals surface area (Å²) in [4.78, 5) is 23.8. The number of hydrogen-bond acceptors (Lipinski definition) is 4. The molecule has 6 nitrogen and oxygen atoms in total. The molecule has 0 bridgehead atoms. The summed E-state index contributed by atoms with van der Waals surface area (Å²) in [7, 11) is -0.429. The molecule has 0 aromatic rings. The van der Waals surface area contributed by atoms with Crippen LogP contribution < -0.4 is 10.6 Å². The lowest BCUT2D eigenvalue weighted by atomic mass is 9.78. The first-order valence-corrected chi connectivity index (χ1v) is 11.3. The summed E-state index contributed by atoms with van der Waals surface area (Å²) >= 11 is 0. The molecule has 1 unspecified atom stereocenters. The van der Waals surface area contributed by atoms with E-state index in [0.717, 1.165) is 25.5 Å². The SMILES string of the molecule is CCO[SiH2]CCCNC(=O)NCCC(=O)OC(CC(C)(C)C)C(C)(C)C. The zero-order valence-corrected chi connectivity index (χ0v) is 19.3. The zero-order chi connectivity index (χ0) is 20.2. The zero-order valence-electron chi connectivity index (χ0n) is 17.9. The fourth-order valence-corrected chi connectivity index (χ4v) is 3.26. The first-order valence-electron chi connectivity index (χ1n) is 9.74. The van der Waals surface area contributed by atoms with Gasteiger partial charge in [0.15, 0.2) is 9.76 Å². The highest BCUT2D eigenvalue weighted by Gasteiger charge is 2.32. The summed E-state index contributed by atoms with van der Waals surface area (Å²) in [6.07, 6.45) is 1.78. The highest BCUT2D eigenvalue weighted by molar-refractivity contribution is 6.26. The van der Waals surface area contributed by atoms with Crippen LogP contribution in [0.4, 0.5) is 4.79 Å². The Hall–Kier alpha value is -1.08. The van der Waals surface area contributed by atoms with Crippen LogP contribution in [0.3, 0.4) is 0 Å². The Morgan fingerprint density at radius 1 is 1.04 bits per heavy atom.